The number of hydrogen-bond acceptors (Lipinski definition) is 3. The van der Waals surface area contributed by atoms with E-state index in [0.29, 0.717) is 25.2 Å². The fourth-order valence-corrected chi connectivity index (χ4v) is 2.45. The van der Waals surface area contributed by atoms with Gasteiger partial charge < -0.3 is 15.5 Å². The van der Waals surface area contributed by atoms with Crippen molar-refractivity contribution < 1.29 is 4.39 Å². The highest BCUT2D eigenvalue weighted by Crippen LogP contribution is 2.13. The van der Waals surface area contributed by atoms with Crippen molar-refractivity contribution in [3.05, 3.63) is 53.1 Å². The smallest absolute Gasteiger partial charge is 0.191 e. The minimum absolute atomic E-state index is 0. The Bertz CT molecular complexity index is 713. The van der Waals surface area contributed by atoms with Crippen molar-refractivity contribution in [3.8, 4) is 0 Å². The molecule has 2 aromatic rings. The fraction of sp³-hybridized carbons (Fsp3) is 0.444. The van der Waals surface area contributed by atoms with Crippen LogP contribution in [0.5, 0.6) is 0 Å². The molecular weight excluding hydrogens is 446 g/mol. The summed E-state index contributed by atoms with van der Waals surface area (Å²) in [6, 6.07) is 7.13. The second kappa shape index (κ2) is 11.1. The number of benzene rings is 1. The molecule has 8 heteroatoms. The highest BCUT2D eigenvalue weighted by molar-refractivity contribution is 14.0. The molecule has 1 aromatic heterocycles. The number of nitrogens with one attached hydrogen (secondary N) is 2. The Morgan fingerprint density at radius 1 is 1.27 bits per heavy atom. The maximum absolute atomic E-state index is 13.9. The zero-order valence-corrected chi connectivity index (χ0v) is 18.1. The van der Waals surface area contributed by atoms with Crippen molar-refractivity contribution in [1.29, 1.82) is 0 Å². The average molecular weight is 474 g/mol. The van der Waals surface area contributed by atoms with Gasteiger partial charge in [0.1, 0.15) is 5.82 Å². The summed E-state index contributed by atoms with van der Waals surface area (Å²) in [4.78, 5) is 6.54. The van der Waals surface area contributed by atoms with Crippen LogP contribution in [0.15, 0.2) is 35.5 Å². The van der Waals surface area contributed by atoms with Gasteiger partial charge in [0.25, 0.3) is 0 Å². The molecule has 0 atom stereocenters. The number of rotatable bonds is 7. The third kappa shape index (κ3) is 6.91. The van der Waals surface area contributed by atoms with Gasteiger partial charge in [0, 0.05) is 31.9 Å². The van der Waals surface area contributed by atoms with Crippen molar-refractivity contribution in [1.82, 2.24) is 25.3 Å². The molecule has 0 aliphatic heterocycles. The normalized spacial score (nSPS) is 11.4. The summed E-state index contributed by atoms with van der Waals surface area (Å²) >= 11 is 0. The van der Waals surface area contributed by atoms with E-state index in [4.69, 9.17) is 0 Å². The van der Waals surface area contributed by atoms with E-state index in [0.717, 1.165) is 23.8 Å². The Kier molecular flexibility index (Phi) is 9.57. The lowest BCUT2D eigenvalue weighted by molar-refractivity contribution is 0.392. The molecule has 2 rings (SSSR count). The number of halogens is 2. The van der Waals surface area contributed by atoms with Crippen LogP contribution in [0.1, 0.15) is 23.7 Å². The molecule has 0 fully saturated rings. The van der Waals surface area contributed by atoms with Crippen LogP contribution in [-0.2, 0) is 26.7 Å². The van der Waals surface area contributed by atoms with Crippen LogP contribution in [0, 0.1) is 5.82 Å². The predicted octanol–water partition coefficient (Wildman–Crippen LogP) is 2.49. The number of aromatic nitrogens is 2. The Morgan fingerprint density at radius 3 is 2.65 bits per heavy atom. The standard InChI is InChI=1S/C18H27FN6.HI/c1-5-20-18(22-12-16-8-9-23-25(16)4)21-11-14-6-7-17(19)15(10-14)13-24(2)3;/h6-10H,5,11-13H2,1-4H3,(H2,20,21,22);1H. The molecule has 0 radical (unpaired) electrons. The van der Waals surface area contributed by atoms with Gasteiger partial charge in [-0.1, -0.05) is 6.07 Å². The summed E-state index contributed by atoms with van der Waals surface area (Å²) in [5.41, 5.74) is 2.74. The topological polar surface area (TPSA) is 57.5 Å². The highest BCUT2D eigenvalue weighted by atomic mass is 127. The van der Waals surface area contributed by atoms with E-state index < -0.39 is 0 Å². The molecule has 0 saturated carbocycles. The molecule has 144 valence electrons. The first-order valence-electron chi connectivity index (χ1n) is 8.40. The van der Waals surface area contributed by atoms with Crippen LogP contribution in [0.2, 0.25) is 0 Å². The predicted molar refractivity (Wildman–Crippen MR) is 114 cm³/mol. The van der Waals surface area contributed by atoms with E-state index in [1.54, 1.807) is 12.3 Å². The monoisotopic (exact) mass is 474 g/mol. The van der Waals surface area contributed by atoms with Gasteiger partial charge in [-0.2, -0.15) is 5.10 Å². The van der Waals surface area contributed by atoms with E-state index in [-0.39, 0.29) is 29.8 Å². The zero-order chi connectivity index (χ0) is 18.2. The van der Waals surface area contributed by atoms with E-state index >= 15 is 0 Å². The van der Waals surface area contributed by atoms with Crippen LogP contribution in [-0.4, -0.2) is 41.3 Å². The van der Waals surface area contributed by atoms with Gasteiger partial charge in [0.15, 0.2) is 5.96 Å². The Hall–Kier alpha value is -1.68. The fourth-order valence-electron chi connectivity index (χ4n) is 2.45. The first kappa shape index (κ1) is 22.4. The van der Waals surface area contributed by atoms with Crippen LogP contribution >= 0.6 is 24.0 Å². The average Bonchev–Trinajstić information content (AvgIpc) is 2.97. The first-order chi connectivity index (χ1) is 12.0. The quantitative estimate of drug-likeness (QED) is 0.368. The Balaban J connectivity index is 0.00000338. The summed E-state index contributed by atoms with van der Waals surface area (Å²) in [6.45, 7) is 4.49. The third-order valence-corrected chi connectivity index (χ3v) is 3.72. The first-order valence-corrected chi connectivity index (χ1v) is 8.40. The van der Waals surface area contributed by atoms with Crippen LogP contribution < -0.4 is 10.6 Å². The maximum Gasteiger partial charge on any atom is 0.191 e. The van der Waals surface area contributed by atoms with Gasteiger partial charge in [-0.05, 0) is 44.8 Å². The molecule has 1 aromatic carbocycles. The van der Waals surface area contributed by atoms with Gasteiger partial charge in [-0.25, -0.2) is 9.38 Å². The van der Waals surface area contributed by atoms with E-state index in [2.05, 4.69) is 20.7 Å². The van der Waals surface area contributed by atoms with Crippen molar-refractivity contribution in [2.75, 3.05) is 20.6 Å². The van der Waals surface area contributed by atoms with Gasteiger partial charge in [0.05, 0.1) is 18.8 Å². The molecule has 0 spiro atoms. The molecule has 6 nitrogen and oxygen atoms in total. The minimum atomic E-state index is -0.178. The molecule has 0 aliphatic carbocycles. The number of aliphatic imine (C=N–C) groups is 1. The van der Waals surface area contributed by atoms with Crippen molar-refractivity contribution in [3.63, 3.8) is 0 Å². The molecule has 0 saturated heterocycles. The lowest BCUT2D eigenvalue weighted by atomic mass is 10.1. The summed E-state index contributed by atoms with van der Waals surface area (Å²) in [6.07, 6.45) is 1.77. The highest BCUT2D eigenvalue weighted by Gasteiger charge is 2.06. The van der Waals surface area contributed by atoms with Crippen LogP contribution in [0.4, 0.5) is 4.39 Å². The molecule has 1 heterocycles. The van der Waals surface area contributed by atoms with E-state index in [9.17, 15) is 4.39 Å². The Morgan fingerprint density at radius 2 is 2.04 bits per heavy atom. The molecule has 26 heavy (non-hydrogen) atoms. The lowest BCUT2D eigenvalue weighted by Crippen LogP contribution is -2.37. The van der Waals surface area contributed by atoms with Gasteiger partial charge >= 0.3 is 0 Å². The SMILES string of the molecule is CCNC(=NCc1ccc(F)c(CN(C)C)c1)NCc1ccnn1C.I. The number of nitrogens with zero attached hydrogens (tertiary/aromatic N) is 4. The van der Waals surface area contributed by atoms with E-state index in [1.807, 2.05) is 49.8 Å². The molecule has 0 aliphatic rings. The summed E-state index contributed by atoms with van der Waals surface area (Å²) in [5, 5.41) is 10.7. The van der Waals surface area contributed by atoms with Crippen LogP contribution in [0.3, 0.4) is 0 Å². The molecule has 2 N–H and O–H groups in total. The molecular formula is C18H28FIN6. The zero-order valence-electron chi connectivity index (χ0n) is 15.8. The van der Waals surface area contributed by atoms with Gasteiger partial charge in [0.2, 0.25) is 0 Å². The Labute approximate surface area is 171 Å². The number of guanidine groups is 1. The largest absolute Gasteiger partial charge is 0.357 e. The minimum Gasteiger partial charge on any atom is -0.357 e. The number of aryl methyl sites for hydroxylation is 1. The van der Waals surface area contributed by atoms with Crippen LogP contribution in [0.25, 0.3) is 0 Å². The van der Waals surface area contributed by atoms with E-state index in [1.165, 1.54) is 6.07 Å². The maximum atomic E-state index is 13.9. The third-order valence-electron chi connectivity index (χ3n) is 3.72. The van der Waals surface area contributed by atoms with Gasteiger partial charge in [-0.15, -0.1) is 24.0 Å². The molecule has 0 amide bonds. The van der Waals surface area contributed by atoms with Crippen molar-refractivity contribution in [2.45, 2.75) is 26.6 Å². The molecule has 0 unspecified atom stereocenters. The summed E-state index contributed by atoms with van der Waals surface area (Å²) < 4.78 is 15.7. The number of hydrogen-bond donors (Lipinski definition) is 2. The van der Waals surface area contributed by atoms with Crippen molar-refractivity contribution >= 4 is 29.9 Å². The van der Waals surface area contributed by atoms with Gasteiger partial charge in [-0.3, -0.25) is 4.68 Å². The molecule has 0 bridgehead atoms. The second-order valence-electron chi connectivity index (χ2n) is 6.16. The summed E-state index contributed by atoms with van der Waals surface area (Å²) in [7, 11) is 5.76. The lowest BCUT2D eigenvalue weighted by Gasteiger charge is -2.13. The second-order valence-corrected chi connectivity index (χ2v) is 6.16. The summed E-state index contributed by atoms with van der Waals surface area (Å²) in [5.74, 6) is 0.546. The van der Waals surface area contributed by atoms with Crippen molar-refractivity contribution in [2.24, 2.45) is 12.0 Å².